The number of aryl methyl sites for hydroxylation is 1. The molecule has 2 aromatic rings. The summed E-state index contributed by atoms with van der Waals surface area (Å²) in [4.78, 5) is 28.4. The number of nitrogens with zero attached hydrogens (tertiary/aromatic N) is 2. The van der Waals surface area contributed by atoms with Gasteiger partial charge in [0.1, 0.15) is 5.75 Å². The molecule has 0 atom stereocenters. The van der Waals surface area contributed by atoms with Crippen molar-refractivity contribution in [3.8, 4) is 5.75 Å². The molecule has 0 aliphatic rings. The molecule has 0 bridgehead atoms. The number of carbonyl (C=O) groups excluding carboxylic acids is 2. The third-order valence-electron chi connectivity index (χ3n) is 4.85. The minimum atomic E-state index is -0.140. The Morgan fingerprint density at radius 2 is 1.69 bits per heavy atom. The van der Waals surface area contributed by atoms with Crippen molar-refractivity contribution >= 4 is 28.9 Å². The van der Waals surface area contributed by atoms with Gasteiger partial charge in [0.05, 0.1) is 12.8 Å². The van der Waals surface area contributed by atoms with Gasteiger partial charge in [0.25, 0.3) is 0 Å². The van der Waals surface area contributed by atoms with E-state index in [1.807, 2.05) is 49.4 Å². The standard InChI is InChI=1S/C23H31N3O3/c1-6-25(7-2)20-11-9-19(10-12-20)24-23(28)14-15-26(18(4)27)21-16-17(3)8-13-22(21)29-5/h8-13,16H,6-7,14-15H2,1-5H3,(H,24,28). The monoisotopic (exact) mass is 397 g/mol. The SMILES string of the molecule is CCN(CC)c1ccc(NC(=O)CCN(C(C)=O)c2cc(C)ccc2OC)cc1. The molecule has 2 rings (SSSR count). The summed E-state index contributed by atoms with van der Waals surface area (Å²) in [6, 6.07) is 13.5. The van der Waals surface area contributed by atoms with Crippen LogP contribution in [0.1, 0.15) is 32.8 Å². The molecule has 0 radical (unpaired) electrons. The Bertz CT molecular complexity index is 830. The second-order valence-corrected chi connectivity index (χ2v) is 6.86. The lowest BCUT2D eigenvalue weighted by atomic mass is 10.1. The Kier molecular flexibility index (Phi) is 8.07. The second-order valence-electron chi connectivity index (χ2n) is 6.86. The van der Waals surface area contributed by atoms with E-state index in [1.54, 1.807) is 12.0 Å². The van der Waals surface area contributed by atoms with Crippen LogP contribution in [0.2, 0.25) is 0 Å². The van der Waals surface area contributed by atoms with E-state index in [-0.39, 0.29) is 24.8 Å². The first-order chi connectivity index (χ1) is 13.9. The van der Waals surface area contributed by atoms with Crippen LogP contribution in [0.15, 0.2) is 42.5 Å². The van der Waals surface area contributed by atoms with Crippen LogP contribution in [0, 0.1) is 6.92 Å². The number of amides is 2. The van der Waals surface area contributed by atoms with Crippen molar-refractivity contribution in [1.82, 2.24) is 0 Å². The Morgan fingerprint density at radius 1 is 1.03 bits per heavy atom. The third kappa shape index (κ3) is 5.98. The summed E-state index contributed by atoms with van der Waals surface area (Å²) in [5.41, 5.74) is 3.57. The number of methoxy groups -OCH3 is 1. The largest absolute Gasteiger partial charge is 0.495 e. The number of ether oxygens (including phenoxy) is 1. The number of carbonyl (C=O) groups is 2. The van der Waals surface area contributed by atoms with Gasteiger partial charge in [-0.25, -0.2) is 0 Å². The summed E-state index contributed by atoms with van der Waals surface area (Å²) in [6.07, 6.45) is 0.189. The predicted octanol–water partition coefficient (Wildman–Crippen LogP) is 4.23. The maximum atomic E-state index is 12.4. The molecule has 0 aromatic heterocycles. The molecule has 0 unspecified atom stereocenters. The Morgan fingerprint density at radius 3 is 2.24 bits per heavy atom. The van der Waals surface area contributed by atoms with Gasteiger partial charge in [-0.1, -0.05) is 6.07 Å². The maximum Gasteiger partial charge on any atom is 0.226 e. The molecule has 29 heavy (non-hydrogen) atoms. The van der Waals surface area contributed by atoms with Gasteiger partial charge in [-0.05, 0) is 62.7 Å². The summed E-state index contributed by atoms with van der Waals surface area (Å²) >= 11 is 0. The van der Waals surface area contributed by atoms with Crippen molar-refractivity contribution in [3.05, 3.63) is 48.0 Å². The highest BCUT2D eigenvalue weighted by Crippen LogP contribution is 2.29. The van der Waals surface area contributed by atoms with Crippen LogP contribution in [0.5, 0.6) is 5.75 Å². The van der Waals surface area contributed by atoms with Gasteiger partial charge < -0.3 is 19.9 Å². The van der Waals surface area contributed by atoms with E-state index in [0.717, 1.165) is 30.0 Å². The van der Waals surface area contributed by atoms with E-state index in [0.29, 0.717) is 11.4 Å². The minimum absolute atomic E-state index is 0.134. The van der Waals surface area contributed by atoms with E-state index in [9.17, 15) is 9.59 Å². The molecular formula is C23H31N3O3. The smallest absolute Gasteiger partial charge is 0.226 e. The van der Waals surface area contributed by atoms with Gasteiger partial charge in [-0.2, -0.15) is 0 Å². The van der Waals surface area contributed by atoms with Gasteiger partial charge in [0.15, 0.2) is 0 Å². The second kappa shape index (κ2) is 10.5. The number of anilines is 3. The fourth-order valence-electron chi connectivity index (χ4n) is 3.24. The van der Waals surface area contributed by atoms with Gasteiger partial charge in [0, 0.05) is 44.4 Å². The topological polar surface area (TPSA) is 61.9 Å². The summed E-state index contributed by atoms with van der Waals surface area (Å²) < 4.78 is 5.38. The molecule has 0 aliphatic carbocycles. The number of nitrogens with one attached hydrogen (secondary N) is 1. The Balaban J connectivity index is 2.03. The van der Waals surface area contributed by atoms with Crippen LogP contribution in [0.3, 0.4) is 0 Å². The lowest BCUT2D eigenvalue weighted by Crippen LogP contribution is -2.32. The predicted molar refractivity (Wildman–Crippen MR) is 119 cm³/mol. The molecule has 1 N–H and O–H groups in total. The molecule has 0 aliphatic heterocycles. The highest BCUT2D eigenvalue weighted by Gasteiger charge is 2.18. The van der Waals surface area contributed by atoms with Crippen molar-refractivity contribution in [2.75, 3.05) is 41.9 Å². The quantitative estimate of drug-likeness (QED) is 0.688. The van der Waals surface area contributed by atoms with Crippen LogP contribution in [-0.4, -0.2) is 38.6 Å². The fraction of sp³-hybridized carbons (Fsp3) is 0.391. The van der Waals surface area contributed by atoms with Gasteiger partial charge in [-0.15, -0.1) is 0 Å². The van der Waals surface area contributed by atoms with Gasteiger partial charge in [-0.3, -0.25) is 9.59 Å². The highest BCUT2D eigenvalue weighted by atomic mass is 16.5. The molecule has 0 saturated heterocycles. The van der Waals surface area contributed by atoms with Crippen LogP contribution >= 0.6 is 0 Å². The summed E-state index contributed by atoms with van der Waals surface area (Å²) in [6.45, 7) is 9.82. The lowest BCUT2D eigenvalue weighted by molar-refractivity contribution is -0.117. The molecule has 2 amide bonds. The van der Waals surface area contributed by atoms with E-state index in [4.69, 9.17) is 4.74 Å². The third-order valence-corrected chi connectivity index (χ3v) is 4.85. The highest BCUT2D eigenvalue weighted by molar-refractivity contribution is 5.96. The molecule has 156 valence electrons. The molecule has 0 saturated carbocycles. The normalized spacial score (nSPS) is 10.4. The zero-order valence-corrected chi connectivity index (χ0v) is 18.0. The van der Waals surface area contributed by atoms with Crippen molar-refractivity contribution in [3.63, 3.8) is 0 Å². The summed E-state index contributed by atoms with van der Waals surface area (Å²) in [5, 5.41) is 2.90. The van der Waals surface area contributed by atoms with Crippen molar-refractivity contribution in [2.24, 2.45) is 0 Å². The molecule has 6 heteroatoms. The van der Waals surface area contributed by atoms with Crippen molar-refractivity contribution < 1.29 is 14.3 Å². The average Bonchev–Trinajstić information content (AvgIpc) is 2.70. The molecule has 0 heterocycles. The van der Waals surface area contributed by atoms with Gasteiger partial charge >= 0.3 is 0 Å². The first kappa shape index (κ1) is 22.3. The van der Waals surface area contributed by atoms with Crippen LogP contribution in [0.4, 0.5) is 17.1 Å². The number of benzene rings is 2. The lowest BCUT2D eigenvalue weighted by Gasteiger charge is -2.23. The fourth-order valence-corrected chi connectivity index (χ4v) is 3.24. The molecule has 0 spiro atoms. The maximum absolute atomic E-state index is 12.4. The minimum Gasteiger partial charge on any atom is -0.495 e. The van der Waals surface area contributed by atoms with Crippen LogP contribution in [-0.2, 0) is 9.59 Å². The van der Waals surface area contributed by atoms with Crippen molar-refractivity contribution in [2.45, 2.75) is 34.1 Å². The summed E-state index contributed by atoms with van der Waals surface area (Å²) in [7, 11) is 1.57. The molecular weight excluding hydrogens is 366 g/mol. The zero-order chi connectivity index (χ0) is 21.4. The first-order valence-electron chi connectivity index (χ1n) is 9.97. The Hall–Kier alpha value is -3.02. The summed E-state index contributed by atoms with van der Waals surface area (Å²) in [5.74, 6) is 0.335. The Labute approximate surface area is 173 Å². The van der Waals surface area contributed by atoms with Crippen LogP contribution in [0.25, 0.3) is 0 Å². The molecule has 0 fully saturated rings. The van der Waals surface area contributed by atoms with Gasteiger partial charge in [0.2, 0.25) is 11.8 Å². The number of rotatable bonds is 9. The molecule has 6 nitrogen and oxygen atoms in total. The number of hydrogen-bond donors (Lipinski definition) is 1. The zero-order valence-electron chi connectivity index (χ0n) is 18.0. The van der Waals surface area contributed by atoms with E-state index < -0.39 is 0 Å². The average molecular weight is 398 g/mol. The van der Waals surface area contributed by atoms with E-state index in [2.05, 4.69) is 24.1 Å². The first-order valence-corrected chi connectivity index (χ1v) is 9.97. The number of hydrogen-bond acceptors (Lipinski definition) is 4. The van der Waals surface area contributed by atoms with E-state index >= 15 is 0 Å². The van der Waals surface area contributed by atoms with E-state index in [1.165, 1.54) is 6.92 Å². The van der Waals surface area contributed by atoms with Crippen molar-refractivity contribution in [1.29, 1.82) is 0 Å². The van der Waals surface area contributed by atoms with Crippen LogP contribution < -0.4 is 19.9 Å². The molecule has 2 aromatic carbocycles.